The van der Waals surface area contributed by atoms with Crippen molar-refractivity contribution in [2.45, 2.75) is 6.29 Å². The summed E-state index contributed by atoms with van der Waals surface area (Å²) in [6.45, 7) is 0.472. The van der Waals surface area contributed by atoms with Crippen LogP contribution in [0.2, 0.25) is 5.02 Å². The number of rotatable bonds is 5. The lowest BCUT2D eigenvalue weighted by atomic mass is 10.2. The molecule has 0 atom stereocenters. The fourth-order valence-corrected chi connectivity index (χ4v) is 1.28. The molecule has 0 bridgehead atoms. The second-order valence-corrected chi connectivity index (χ2v) is 3.39. The number of nitrogens with zero attached hydrogens (tertiary/aromatic N) is 1. The Morgan fingerprint density at radius 3 is 2.73 bits per heavy atom. The van der Waals surface area contributed by atoms with E-state index < -0.39 is 0 Å². The number of hydrogen-bond donors (Lipinski definition) is 0. The van der Waals surface area contributed by atoms with Crippen LogP contribution in [-0.2, 0) is 9.47 Å². The Kier molecular flexibility index (Phi) is 5.32. The molecule has 0 saturated heterocycles. The van der Waals surface area contributed by atoms with E-state index in [9.17, 15) is 0 Å². The molecule has 0 heterocycles. The second kappa shape index (κ2) is 6.56. The van der Waals surface area contributed by atoms with Crippen molar-refractivity contribution in [1.29, 1.82) is 0 Å². The van der Waals surface area contributed by atoms with Crippen molar-refractivity contribution in [3.63, 3.8) is 0 Å². The number of halogens is 1. The molecule has 0 amide bonds. The summed E-state index contributed by atoms with van der Waals surface area (Å²) in [4.78, 5) is 4.19. The summed E-state index contributed by atoms with van der Waals surface area (Å²) in [7, 11) is 3.17. The van der Waals surface area contributed by atoms with E-state index in [4.69, 9.17) is 21.1 Å². The van der Waals surface area contributed by atoms with Gasteiger partial charge in [0.2, 0.25) is 0 Å². The first kappa shape index (κ1) is 12.2. The normalized spacial score (nSPS) is 11.5. The molecule has 4 heteroatoms. The van der Waals surface area contributed by atoms with Crippen molar-refractivity contribution in [3.8, 4) is 0 Å². The van der Waals surface area contributed by atoms with Crippen LogP contribution in [0.25, 0.3) is 0 Å². The SMILES string of the molecule is COC(CN=Cc1cccc(Cl)c1)OC. The highest BCUT2D eigenvalue weighted by Crippen LogP contribution is 2.08. The van der Waals surface area contributed by atoms with Gasteiger partial charge in [0.25, 0.3) is 0 Å². The minimum atomic E-state index is -0.291. The largest absolute Gasteiger partial charge is 0.354 e. The molecular formula is C11H14ClNO2. The van der Waals surface area contributed by atoms with E-state index in [0.29, 0.717) is 11.6 Å². The van der Waals surface area contributed by atoms with E-state index in [2.05, 4.69) is 4.99 Å². The molecule has 3 nitrogen and oxygen atoms in total. The van der Waals surface area contributed by atoms with Gasteiger partial charge in [-0.15, -0.1) is 0 Å². The lowest BCUT2D eigenvalue weighted by molar-refractivity contribution is -0.0936. The molecule has 0 fully saturated rings. The second-order valence-electron chi connectivity index (χ2n) is 2.95. The summed E-state index contributed by atoms with van der Waals surface area (Å²) in [5.41, 5.74) is 0.966. The number of methoxy groups -OCH3 is 2. The molecule has 0 spiro atoms. The Bertz CT molecular complexity index is 324. The van der Waals surface area contributed by atoms with E-state index >= 15 is 0 Å². The van der Waals surface area contributed by atoms with E-state index in [-0.39, 0.29) is 6.29 Å². The Hall–Kier alpha value is -0.900. The van der Waals surface area contributed by atoms with Crippen molar-refractivity contribution >= 4 is 17.8 Å². The van der Waals surface area contributed by atoms with Gasteiger partial charge < -0.3 is 9.47 Å². The lowest BCUT2D eigenvalue weighted by Crippen LogP contribution is -2.16. The van der Waals surface area contributed by atoms with Crippen LogP contribution in [0, 0.1) is 0 Å². The highest BCUT2D eigenvalue weighted by atomic mass is 35.5. The van der Waals surface area contributed by atoms with Crippen molar-refractivity contribution < 1.29 is 9.47 Å². The minimum Gasteiger partial charge on any atom is -0.354 e. The maximum absolute atomic E-state index is 5.83. The zero-order valence-electron chi connectivity index (χ0n) is 8.81. The van der Waals surface area contributed by atoms with Gasteiger partial charge in [-0.25, -0.2) is 0 Å². The summed E-state index contributed by atoms with van der Waals surface area (Å²) in [5, 5.41) is 0.703. The lowest BCUT2D eigenvalue weighted by Gasteiger charge is -2.09. The third-order valence-corrected chi connectivity index (χ3v) is 2.10. The highest BCUT2D eigenvalue weighted by Gasteiger charge is 2.01. The number of benzene rings is 1. The Labute approximate surface area is 94.7 Å². The smallest absolute Gasteiger partial charge is 0.176 e. The molecule has 1 aromatic rings. The first-order chi connectivity index (χ1) is 7.26. The van der Waals surface area contributed by atoms with E-state index in [1.165, 1.54) is 0 Å². The van der Waals surface area contributed by atoms with Crippen molar-refractivity contribution in [3.05, 3.63) is 34.9 Å². The van der Waals surface area contributed by atoms with Crippen LogP contribution >= 0.6 is 11.6 Å². The van der Waals surface area contributed by atoms with Crippen LogP contribution in [0.4, 0.5) is 0 Å². The van der Waals surface area contributed by atoms with Crippen LogP contribution in [0.1, 0.15) is 5.56 Å². The van der Waals surface area contributed by atoms with Gasteiger partial charge in [-0.3, -0.25) is 4.99 Å². The fraction of sp³-hybridized carbons (Fsp3) is 0.364. The average Bonchev–Trinajstić information content (AvgIpc) is 2.25. The van der Waals surface area contributed by atoms with Gasteiger partial charge in [0.05, 0.1) is 6.54 Å². The summed E-state index contributed by atoms with van der Waals surface area (Å²) in [6.07, 6.45) is 1.46. The zero-order valence-corrected chi connectivity index (χ0v) is 9.57. The maximum atomic E-state index is 5.83. The molecule has 0 radical (unpaired) electrons. The maximum Gasteiger partial charge on any atom is 0.176 e. The van der Waals surface area contributed by atoms with Gasteiger partial charge >= 0.3 is 0 Å². The molecule has 0 unspecified atom stereocenters. The van der Waals surface area contributed by atoms with Crippen molar-refractivity contribution in [2.75, 3.05) is 20.8 Å². The molecule has 1 rings (SSSR count). The summed E-state index contributed by atoms with van der Waals surface area (Å²) in [6, 6.07) is 7.49. The third-order valence-electron chi connectivity index (χ3n) is 1.87. The minimum absolute atomic E-state index is 0.291. The van der Waals surface area contributed by atoms with Gasteiger partial charge in [0.1, 0.15) is 0 Å². The van der Waals surface area contributed by atoms with Crippen molar-refractivity contribution in [2.24, 2.45) is 4.99 Å². The van der Waals surface area contributed by atoms with Crippen molar-refractivity contribution in [1.82, 2.24) is 0 Å². The number of aliphatic imine (C=N–C) groups is 1. The predicted octanol–water partition coefficient (Wildman–Crippen LogP) is 2.38. The number of hydrogen-bond acceptors (Lipinski definition) is 3. The Morgan fingerprint density at radius 1 is 1.40 bits per heavy atom. The fourth-order valence-electron chi connectivity index (χ4n) is 1.08. The molecule has 0 aliphatic carbocycles. The molecule has 0 aromatic heterocycles. The molecule has 0 saturated carbocycles. The first-order valence-electron chi connectivity index (χ1n) is 4.57. The van der Waals surface area contributed by atoms with E-state index in [0.717, 1.165) is 5.56 Å². The van der Waals surface area contributed by atoms with Gasteiger partial charge in [-0.2, -0.15) is 0 Å². The van der Waals surface area contributed by atoms with Gasteiger partial charge in [0, 0.05) is 25.5 Å². The van der Waals surface area contributed by atoms with Crippen LogP contribution < -0.4 is 0 Å². The number of ether oxygens (including phenoxy) is 2. The van der Waals surface area contributed by atoms with E-state index in [1.807, 2.05) is 24.3 Å². The molecule has 15 heavy (non-hydrogen) atoms. The van der Waals surface area contributed by atoms with Crippen LogP contribution in [0.3, 0.4) is 0 Å². The molecule has 82 valence electrons. The standard InChI is InChI=1S/C11H14ClNO2/c1-14-11(15-2)8-13-7-9-4-3-5-10(12)6-9/h3-7,11H,8H2,1-2H3. The Balaban J connectivity index is 2.50. The highest BCUT2D eigenvalue weighted by molar-refractivity contribution is 6.30. The van der Waals surface area contributed by atoms with Crippen LogP contribution in [0.15, 0.2) is 29.3 Å². The summed E-state index contributed by atoms with van der Waals surface area (Å²) < 4.78 is 10.00. The monoisotopic (exact) mass is 227 g/mol. The van der Waals surface area contributed by atoms with Crippen LogP contribution in [-0.4, -0.2) is 33.3 Å². The Morgan fingerprint density at radius 2 is 2.13 bits per heavy atom. The third kappa shape index (κ3) is 4.42. The van der Waals surface area contributed by atoms with Gasteiger partial charge in [-0.1, -0.05) is 23.7 Å². The topological polar surface area (TPSA) is 30.8 Å². The molecular weight excluding hydrogens is 214 g/mol. The summed E-state index contributed by atoms with van der Waals surface area (Å²) in [5.74, 6) is 0. The van der Waals surface area contributed by atoms with Gasteiger partial charge in [0.15, 0.2) is 6.29 Å². The molecule has 0 aliphatic heterocycles. The summed E-state index contributed by atoms with van der Waals surface area (Å²) >= 11 is 5.83. The first-order valence-corrected chi connectivity index (χ1v) is 4.95. The molecule has 0 aliphatic rings. The quantitative estimate of drug-likeness (QED) is 0.571. The van der Waals surface area contributed by atoms with E-state index in [1.54, 1.807) is 20.4 Å². The van der Waals surface area contributed by atoms with Gasteiger partial charge in [-0.05, 0) is 17.7 Å². The van der Waals surface area contributed by atoms with Crippen LogP contribution in [0.5, 0.6) is 0 Å². The molecule has 0 N–H and O–H groups in total. The predicted molar refractivity (Wildman–Crippen MR) is 61.7 cm³/mol. The average molecular weight is 228 g/mol. The molecule has 1 aromatic carbocycles. The zero-order chi connectivity index (χ0) is 11.1.